The van der Waals surface area contributed by atoms with Crippen molar-refractivity contribution in [3.8, 4) is 0 Å². The maximum atomic E-state index is 13.8. The third-order valence-electron chi connectivity index (χ3n) is 3.38. The SMILES string of the molecule is CCC(Nc1ccc(CCO)cc1)c1ccccc1F. The first-order valence-corrected chi connectivity index (χ1v) is 6.95. The highest BCUT2D eigenvalue weighted by Crippen LogP contribution is 2.24. The van der Waals surface area contributed by atoms with E-state index in [1.807, 2.05) is 43.3 Å². The molecule has 0 aromatic heterocycles. The van der Waals surface area contributed by atoms with Crippen LogP contribution in [0.5, 0.6) is 0 Å². The molecule has 2 nitrogen and oxygen atoms in total. The van der Waals surface area contributed by atoms with Crippen molar-refractivity contribution in [2.45, 2.75) is 25.8 Å². The lowest BCUT2D eigenvalue weighted by Gasteiger charge is -2.19. The van der Waals surface area contributed by atoms with E-state index in [1.54, 1.807) is 6.07 Å². The quantitative estimate of drug-likeness (QED) is 0.836. The van der Waals surface area contributed by atoms with Gasteiger partial charge in [0.05, 0.1) is 6.04 Å². The van der Waals surface area contributed by atoms with Crippen LogP contribution in [0.3, 0.4) is 0 Å². The molecule has 0 amide bonds. The highest BCUT2D eigenvalue weighted by atomic mass is 19.1. The van der Waals surface area contributed by atoms with Crippen molar-refractivity contribution >= 4 is 5.69 Å². The van der Waals surface area contributed by atoms with E-state index in [0.717, 1.165) is 17.7 Å². The van der Waals surface area contributed by atoms with E-state index in [2.05, 4.69) is 5.32 Å². The minimum absolute atomic E-state index is 0.0418. The zero-order valence-corrected chi connectivity index (χ0v) is 11.6. The van der Waals surface area contributed by atoms with E-state index in [0.29, 0.717) is 12.0 Å². The van der Waals surface area contributed by atoms with Gasteiger partial charge in [-0.05, 0) is 36.6 Å². The topological polar surface area (TPSA) is 32.3 Å². The van der Waals surface area contributed by atoms with Crippen LogP contribution in [0.1, 0.15) is 30.5 Å². The molecule has 2 rings (SSSR count). The Kier molecular flexibility index (Phi) is 5.13. The summed E-state index contributed by atoms with van der Waals surface area (Å²) in [5.41, 5.74) is 2.74. The summed E-state index contributed by atoms with van der Waals surface area (Å²) in [6.45, 7) is 2.18. The number of nitrogens with one attached hydrogen (secondary N) is 1. The second-order valence-electron chi connectivity index (χ2n) is 4.80. The predicted octanol–water partition coefficient (Wildman–Crippen LogP) is 3.92. The van der Waals surface area contributed by atoms with Crippen molar-refractivity contribution in [1.82, 2.24) is 0 Å². The van der Waals surface area contributed by atoms with Crippen LogP contribution in [-0.2, 0) is 6.42 Å². The van der Waals surface area contributed by atoms with Gasteiger partial charge in [-0.3, -0.25) is 0 Å². The summed E-state index contributed by atoms with van der Waals surface area (Å²) in [4.78, 5) is 0. The van der Waals surface area contributed by atoms with Crippen LogP contribution in [0.25, 0.3) is 0 Å². The Morgan fingerprint density at radius 3 is 2.40 bits per heavy atom. The van der Waals surface area contributed by atoms with Crippen molar-refractivity contribution in [3.63, 3.8) is 0 Å². The molecule has 0 aliphatic rings. The van der Waals surface area contributed by atoms with Crippen LogP contribution in [0.15, 0.2) is 48.5 Å². The summed E-state index contributed by atoms with van der Waals surface area (Å²) in [5.74, 6) is -0.177. The average molecular weight is 273 g/mol. The fraction of sp³-hybridized carbons (Fsp3) is 0.294. The van der Waals surface area contributed by atoms with Crippen LogP contribution in [0.2, 0.25) is 0 Å². The maximum absolute atomic E-state index is 13.8. The predicted molar refractivity (Wildman–Crippen MR) is 80.3 cm³/mol. The van der Waals surface area contributed by atoms with Gasteiger partial charge < -0.3 is 10.4 Å². The van der Waals surface area contributed by atoms with Gasteiger partial charge >= 0.3 is 0 Å². The van der Waals surface area contributed by atoms with Crippen molar-refractivity contribution in [2.75, 3.05) is 11.9 Å². The molecule has 0 heterocycles. The molecule has 106 valence electrons. The highest BCUT2D eigenvalue weighted by molar-refractivity contribution is 5.47. The number of rotatable bonds is 6. The van der Waals surface area contributed by atoms with E-state index in [-0.39, 0.29) is 18.5 Å². The van der Waals surface area contributed by atoms with Crippen LogP contribution in [0, 0.1) is 5.82 Å². The molecule has 0 saturated heterocycles. The first-order valence-electron chi connectivity index (χ1n) is 6.95. The Bertz CT molecular complexity index is 539. The van der Waals surface area contributed by atoms with Crippen molar-refractivity contribution in [3.05, 3.63) is 65.5 Å². The molecule has 2 N–H and O–H groups in total. The number of hydrogen-bond donors (Lipinski definition) is 2. The third kappa shape index (κ3) is 3.58. The molecule has 20 heavy (non-hydrogen) atoms. The van der Waals surface area contributed by atoms with E-state index in [1.165, 1.54) is 6.07 Å². The molecule has 0 bridgehead atoms. The highest BCUT2D eigenvalue weighted by Gasteiger charge is 2.13. The minimum atomic E-state index is -0.177. The smallest absolute Gasteiger partial charge is 0.128 e. The standard InChI is InChI=1S/C17H20FNO/c1-2-17(15-5-3-4-6-16(15)18)19-14-9-7-13(8-10-14)11-12-20/h3-10,17,19-20H,2,11-12H2,1H3. The second kappa shape index (κ2) is 7.06. The van der Waals surface area contributed by atoms with Gasteiger partial charge in [-0.25, -0.2) is 4.39 Å². The molecular weight excluding hydrogens is 253 g/mol. The summed E-state index contributed by atoms with van der Waals surface area (Å²) in [6, 6.07) is 14.7. The molecule has 0 saturated carbocycles. The van der Waals surface area contributed by atoms with Crippen molar-refractivity contribution < 1.29 is 9.50 Å². The minimum Gasteiger partial charge on any atom is -0.396 e. The van der Waals surface area contributed by atoms with Crippen molar-refractivity contribution in [1.29, 1.82) is 0 Å². The largest absolute Gasteiger partial charge is 0.396 e. The van der Waals surface area contributed by atoms with Crippen LogP contribution in [-0.4, -0.2) is 11.7 Å². The molecule has 1 atom stereocenters. The lowest BCUT2D eigenvalue weighted by molar-refractivity contribution is 0.299. The molecule has 0 spiro atoms. The van der Waals surface area contributed by atoms with Crippen LogP contribution in [0.4, 0.5) is 10.1 Å². The van der Waals surface area contributed by atoms with E-state index >= 15 is 0 Å². The average Bonchev–Trinajstić information content (AvgIpc) is 2.48. The lowest BCUT2D eigenvalue weighted by Crippen LogP contribution is -2.11. The number of halogens is 1. The van der Waals surface area contributed by atoms with Gasteiger partial charge in [-0.2, -0.15) is 0 Å². The number of hydrogen-bond acceptors (Lipinski definition) is 2. The normalized spacial score (nSPS) is 12.2. The Balaban J connectivity index is 2.12. The Morgan fingerprint density at radius 2 is 1.80 bits per heavy atom. The molecule has 0 radical (unpaired) electrons. The molecule has 1 unspecified atom stereocenters. The molecule has 0 aliphatic heterocycles. The molecule has 2 aromatic carbocycles. The van der Waals surface area contributed by atoms with Crippen LogP contribution >= 0.6 is 0 Å². The first-order chi connectivity index (χ1) is 9.74. The Labute approximate surface area is 119 Å². The zero-order chi connectivity index (χ0) is 14.4. The van der Waals surface area contributed by atoms with Gasteiger partial charge in [0.15, 0.2) is 0 Å². The van der Waals surface area contributed by atoms with Crippen molar-refractivity contribution in [2.24, 2.45) is 0 Å². The molecule has 2 aromatic rings. The van der Waals surface area contributed by atoms with Gasteiger partial charge in [0.2, 0.25) is 0 Å². The van der Waals surface area contributed by atoms with Gasteiger partial charge in [-0.15, -0.1) is 0 Å². The molecule has 0 aliphatic carbocycles. The Morgan fingerprint density at radius 1 is 1.10 bits per heavy atom. The molecule has 3 heteroatoms. The number of benzene rings is 2. The molecular formula is C17H20FNO. The van der Waals surface area contributed by atoms with E-state index < -0.39 is 0 Å². The van der Waals surface area contributed by atoms with E-state index in [4.69, 9.17) is 5.11 Å². The van der Waals surface area contributed by atoms with Gasteiger partial charge in [0.1, 0.15) is 5.82 Å². The zero-order valence-electron chi connectivity index (χ0n) is 11.6. The van der Waals surface area contributed by atoms with Crippen LogP contribution < -0.4 is 5.32 Å². The van der Waals surface area contributed by atoms with Gasteiger partial charge in [0, 0.05) is 17.9 Å². The van der Waals surface area contributed by atoms with Gasteiger partial charge in [-0.1, -0.05) is 37.3 Å². The number of aliphatic hydroxyl groups is 1. The third-order valence-corrected chi connectivity index (χ3v) is 3.38. The fourth-order valence-electron chi connectivity index (χ4n) is 2.26. The summed E-state index contributed by atoms with van der Waals surface area (Å²) in [6.07, 6.45) is 1.46. The monoisotopic (exact) mass is 273 g/mol. The summed E-state index contributed by atoms with van der Waals surface area (Å²) >= 11 is 0. The maximum Gasteiger partial charge on any atom is 0.128 e. The number of anilines is 1. The molecule has 0 fully saturated rings. The lowest BCUT2D eigenvalue weighted by atomic mass is 10.0. The van der Waals surface area contributed by atoms with E-state index in [9.17, 15) is 4.39 Å². The fourth-order valence-corrected chi connectivity index (χ4v) is 2.26. The number of aliphatic hydroxyl groups excluding tert-OH is 1. The first kappa shape index (κ1) is 14.5. The van der Waals surface area contributed by atoms with Gasteiger partial charge in [0.25, 0.3) is 0 Å². The summed E-state index contributed by atoms with van der Waals surface area (Å²) in [7, 11) is 0. The summed E-state index contributed by atoms with van der Waals surface area (Å²) < 4.78 is 13.8. The second-order valence-corrected chi connectivity index (χ2v) is 4.80. The summed E-state index contributed by atoms with van der Waals surface area (Å²) in [5, 5.41) is 12.2. The Hall–Kier alpha value is -1.87.